The number of carboxylic acids is 1. The minimum atomic E-state index is -1.02. The number of unbranched alkanes of at least 4 members (excludes halogenated alkanes) is 1. The Morgan fingerprint density at radius 1 is 1.05 bits per heavy atom. The number of imidazole rings is 1. The fraction of sp³-hybridized carbons (Fsp3) is 0.308. The number of hydroxylamine groups is 1. The summed E-state index contributed by atoms with van der Waals surface area (Å²) >= 11 is 12.1. The average Bonchev–Trinajstić information content (AvgIpc) is 3.27. The number of amides is 2. The van der Waals surface area contributed by atoms with Crippen LogP contribution < -0.4 is 10.8 Å². The fourth-order valence-corrected chi connectivity index (χ4v) is 4.22. The first-order valence-corrected chi connectivity index (χ1v) is 12.5. The number of carbonyl (C=O) groups excluding carboxylic acids is 2. The van der Waals surface area contributed by atoms with Crippen molar-refractivity contribution in [2.75, 3.05) is 0 Å². The molecule has 2 aromatic carbocycles. The van der Waals surface area contributed by atoms with Crippen LogP contribution in [0.15, 0.2) is 48.7 Å². The van der Waals surface area contributed by atoms with Crippen LogP contribution in [0, 0.1) is 0 Å². The van der Waals surface area contributed by atoms with E-state index in [9.17, 15) is 14.4 Å². The summed E-state index contributed by atoms with van der Waals surface area (Å²) in [5.41, 5.74) is 3.63. The third kappa shape index (κ3) is 7.79. The highest BCUT2D eigenvalue weighted by Crippen LogP contribution is 2.23. The molecule has 3 aromatic rings. The van der Waals surface area contributed by atoms with Crippen LogP contribution >= 0.6 is 23.2 Å². The SMILES string of the molecule is CCCCc1ncc(C(=O)NC(CC(=O)NO)Cc2ccc(Cl)c(Cl)c2)n1Cc1ccc(C(=O)O)cc1. The quantitative estimate of drug-likeness (QED) is 0.195. The summed E-state index contributed by atoms with van der Waals surface area (Å²) in [6.07, 6.45) is 4.08. The molecule has 9 nitrogen and oxygen atoms in total. The van der Waals surface area contributed by atoms with E-state index in [1.807, 2.05) is 0 Å². The van der Waals surface area contributed by atoms with Gasteiger partial charge in [0, 0.05) is 25.4 Å². The highest BCUT2D eigenvalue weighted by atomic mass is 35.5. The zero-order valence-electron chi connectivity index (χ0n) is 20.2. The fourth-order valence-electron chi connectivity index (χ4n) is 3.90. The number of hydrogen-bond acceptors (Lipinski definition) is 5. The van der Waals surface area contributed by atoms with Crippen LogP contribution in [0.5, 0.6) is 0 Å². The lowest BCUT2D eigenvalue weighted by molar-refractivity contribution is -0.129. The van der Waals surface area contributed by atoms with E-state index in [4.69, 9.17) is 33.5 Å². The molecule has 0 fully saturated rings. The molecule has 0 aliphatic carbocycles. The molecule has 1 heterocycles. The number of halogens is 2. The molecule has 0 radical (unpaired) electrons. The molecule has 0 aliphatic rings. The molecule has 1 aromatic heterocycles. The number of benzene rings is 2. The minimum Gasteiger partial charge on any atom is -0.478 e. The smallest absolute Gasteiger partial charge is 0.335 e. The Morgan fingerprint density at radius 3 is 2.38 bits per heavy atom. The van der Waals surface area contributed by atoms with Crippen LogP contribution in [0.3, 0.4) is 0 Å². The predicted molar refractivity (Wildman–Crippen MR) is 139 cm³/mol. The van der Waals surface area contributed by atoms with Gasteiger partial charge < -0.3 is 15.0 Å². The lowest BCUT2D eigenvalue weighted by Gasteiger charge is -2.19. The molecule has 0 spiro atoms. The molecular weight excluding hydrogens is 519 g/mol. The van der Waals surface area contributed by atoms with Gasteiger partial charge in [-0.25, -0.2) is 15.3 Å². The molecular formula is C26H28Cl2N4O5. The molecule has 0 saturated heterocycles. The Bertz CT molecular complexity index is 1260. The van der Waals surface area contributed by atoms with Crippen molar-refractivity contribution in [3.8, 4) is 0 Å². The van der Waals surface area contributed by atoms with E-state index in [1.165, 1.54) is 18.3 Å². The van der Waals surface area contributed by atoms with E-state index in [-0.39, 0.29) is 18.4 Å². The van der Waals surface area contributed by atoms with E-state index >= 15 is 0 Å². The molecule has 11 heteroatoms. The Hall–Kier alpha value is -3.40. The highest BCUT2D eigenvalue weighted by molar-refractivity contribution is 6.42. The minimum absolute atomic E-state index is 0.171. The number of nitrogens with one attached hydrogen (secondary N) is 2. The second kappa shape index (κ2) is 13.2. The predicted octanol–water partition coefficient (Wildman–Crippen LogP) is 4.52. The number of carbonyl (C=O) groups is 3. The Balaban J connectivity index is 1.86. The van der Waals surface area contributed by atoms with Crippen molar-refractivity contribution in [1.82, 2.24) is 20.3 Å². The van der Waals surface area contributed by atoms with E-state index < -0.39 is 23.8 Å². The van der Waals surface area contributed by atoms with Crippen molar-refractivity contribution in [3.05, 3.63) is 86.9 Å². The highest BCUT2D eigenvalue weighted by Gasteiger charge is 2.22. The second-order valence-corrected chi connectivity index (χ2v) is 9.43. The number of nitrogens with zero attached hydrogens (tertiary/aromatic N) is 2. The molecule has 2 amide bonds. The standard InChI is InChI=1S/C26H28Cl2N4O5/c1-2-3-4-23-29-14-22(32(23)15-16-5-8-18(9-6-16)26(35)36)25(34)30-19(13-24(33)31-37)11-17-7-10-20(27)21(28)12-17/h5-10,12,14,19,37H,2-4,11,13,15H2,1H3,(H,30,34)(H,31,33)(H,35,36). The average molecular weight is 547 g/mol. The molecule has 4 N–H and O–H groups in total. The molecule has 0 aliphatic heterocycles. The van der Waals surface area contributed by atoms with Gasteiger partial charge in [0.15, 0.2) is 0 Å². The van der Waals surface area contributed by atoms with Crippen molar-refractivity contribution >= 4 is 41.0 Å². The normalized spacial score (nSPS) is 11.7. The third-order valence-electron chi connectivity index (χ3n) is 5.82. The summed E-state index contributed by atoms with van der Waals surface area (Å²) in [6.45, 7) is 2.38. The zero-order valence-corrected chi connectivity index (χ0v) is 21.7. The molecule has 196 valence electrons. The molecule has 37 heavy (non-hydrogen) atoms. The van der Waals surface area contributed by atoms with Crippen LogP contribution in [-0.2, 0) is 24.2 Å². The number of carboxylic acid groups (broad SMARTS) is 1. The summed E-state index contributed by atoms with van der Waals surface area (Å²) in [4.78, 5) is 41.0. The summed E-state index contributed by atoms with van der Waals surface area (Å²) in [6, 6.07) is 10.8. The van der Waals surface area contributed by atoms with Gasteiger partial charge in [-0.2, -0.15) is 0 Å². The van der Waals surface area contributed by atoms with Crippen LogP contribution in [0.25, 0.3) is 0 Å². The number of rotatable bonds is 12. The maximum atomic E-state index is 13.4. The van der Waals surface area contributed by atoms with Crippen molar-refractivity contribution in [3.63, 3.8) is 0 Å². The van der Waals surface area contributed by atoms with E-state index in [1.54, 1.807) is 40.4 Å². The van der Waals surface area contributed by atoms with Crippen molar-refractivity contribution in [1.29, 1.82) is 0 Å². The van der Waals surface area contributed by atoms with Gasteiger partial charge >= 0.3 is 5.97 Å². The van der Waals surface area contributed by atoms with Gasteiger partial charge in [0.1, 0.15) is 11.5 Å². The van der Waals surface area contributed by atoms with Gasteiger partial charge in [-0.3, -0.25) is 14.8 Å². The van der Waals surface area contributed by atoms with Gasteiger partial charge in [-0.05, 0) is 48.2 Å². The summed E-state index contributed by atoms with van der Waals surface area (Å²) in [5.74, 6) is -1.38. The van der Waals surface area contributed by atoms with Gasteiger partial charge in [0.2, 0.25) is 5.91 Å². The monoisotopic (exact) mass is 546 g/mol. The Kier molecular flexibility index (Phi) is 10.1. The molecule has 1 atom stereocenters. The van der Waals surface area contributed by atoms with Crippen LogP contribution in [0.2, 0.25) is 10.0 Å². The van der Waals surface area contributed by atoms with Crippen molar-refractivity contribution in [2.45, 2.75) is 51.6 Å². The van der Waals surface area contributed by atoms with E-state index in [0.29, 0.717) is 28.7 Å². The van der Waals surface area contributed by atoms with E-state index in [0.717, 1.165) is 29.8 Å². The Morgan fingerprint density at radius 2 is 1.76 bits per heavy atom. The van der Waals surface area contributed by atoms with Crippen LogP contribution in [-0.4, -0.2) is 43.7 Å². The molecule has 0 saturated carbocycles. The first-order chi connectivity index (χ1) is 17.7. The molecule has 1 unspecified atom stereocenters. The maximum absolute atomic E-state index is 13.4. The largest absolute Gasteiger partial charge is 0.478 e. The number of aromatic nitrogens is 2. The second-order valence-electron chi connectivity index (χ2n) is 8.61. The molecule has 3 rings (SSSR count). The molecule has 0 bridgehead atoms. The first-order valence-electron chi connectivity index (χ1n) is 11.8. The van der Waals surface area contributed by atoms with Crippen LogP contribution in [0.4, 0.5) is 0 Å². The number of aromatic carboxylic acids is 1. The van der Waals surface area contributed by atoms with Gasteiger partial charge in [-0.1, -0.05) is 54.7 Å². The van der Waals surface area contributed by atoms with Gasteiger partial charge in [-0.15, -0.1) is 0 Å². The van der Waals surface area contributed by atoms with Gasteiger partial charge in [0.25, 0.3) is 5.91 Å². The van der Waals surface area contributed by atoms with Crippen molar-refractivity contribution in [2.24, 2.45) is 0 Å². The van der Waals surface area contributed by atoms with E-state index in [2.05, 4.69) is 17.2 Å². The first kappa shape index (κ1) is 28.2. The number of hydrogen-bond donors (Lipinski definition) is 4. The number of aryl methyl sites for hydroxylation is 1. The lowest BCUT2D eigenvalue weighted by Crippen LogP contribution is -2.41. The lowest BCUT2D eigenvalue weighted by atomic mass is 10.0. The Labute approximate surface area is 224 Å². The third-order valence-corrected chi connectivity index (χ3v) is 6.56. The maximum Gasteiger partial charge on any atom is 0.335 e. The van der Waals surface area contributed by atoms with Gasteiger partial charge in [0.05, 0.1) is 21.8 Å². The zero-order chi connectivity index (χ0) is 26.9. The summed E-state index contributed by atoms with van der Waals surface area (Å²) in [7, 11) is 0. The summed E-state index contributed by atoms with van der Waals surface area (Å²) < 4.78 is 1.79. The van der Waals surface area contributed by atoms with Crippen molar-refractivity contribution < 1.29 is 24.7 Å². The summed E-state index contributed by atoms with van der Waals surface area (Å²) in [5, 5.41) is 21.8. The topological polar surface area (TPSA) is 134 Å². The van der Waals surface area contributed by atoms with Crippen LogP contribution in [0.1, 0.15) is 64.0 Å².